The van der Waals surface area contributed by atoms with E-state index in [9.17, 15) is 0 Å². The molecule has 1 aliphatic carbocycles. The normalized spacial score (nSPS) is 19.7. The second kappa shape index (κ2) is 14.3. The third-order valence-corrected chi connectivity index (χ3v) is 6.94. The van der Waals surface area contributed by atoms with Gasteiger partial charge in [0.05, 0.1) is 6.54 Å². The van der Waals surface area contributed by atoms with Gasteiger partial charge >= 0.3 is 0 Å². The lowest BCUT2D eigenvalue weighted by atomic mass is 9.79. The van der Waals surface area contributed by atoms with E-state index in [0.29, 0.717) is 0 Å². The number of hydrogen-bond donors (Lipinski definition) is 2. The molecule has 0 unspecified atom stereocenters. The Hall–Kier alpha value is -0.860. The molecule has 2 fully saturated rings. The van der Waals surface area contributed by atoms with E-state index in [0.717, 1.165) is 25.6 Å². The number of guanidine groups is 1. The molecule has 5 nitrogen and oxygen atoms in total. The highest BCUT2D eigenvalue weighted by Crippen LogP contribution is 2.41. The van der Waals surface area contributed by atoms with Gasteiger partial charge in [-0.3, -0.25) is 4.99 Å². The Labute approximate surface area is 207 Å². The maximum Gasteiger partial charge on any atom is 0.191 e. The molecule has 1 aromatic carbocycles. The lowest BCUT2D eigenvalue weighted by molar-refractivity contribution is 0.136. The number of unbranched alkanes of at least 4 members (excludes halogenated alkanes) is 1. The molecule has 1 saturated carbocycles. The van der Waals surface area contributed by atoms with Crippen LogP contribution in [-0.2, 0) is 5.41 Å². The van der Waals surface area contributed by atoms with Crippen molar-refractivity contribution in [2.24, 2.45) is 4.99 Å². The van der Waals surface area contributed by atoms with Crippen LogP contribution in [0.5, 0.6) is 0 Å². The van der Waals surface area contributed by atoms with Crippen LogP contribution in [-0.4, -0.2) is 74.7 Å². The van der Waals surface area contributed by atoms with Gasteiger partial charge in [0.15, 0.2) is 5.96 Å². The smallest absolute Gasteiger partial charge is 0.191 e. The highest BCUT2D eigenvalue weighted by molar-refractivity contribution is 14.0. The van der Waals surface area contributed by atoms with Crippen LogP contribution in [0.15, 0.2) is 35.3 Å². The van der Waals surface area contributed by atoms with E-state index >= 15 is 0 Å². The Balaban J connectivity index is 0.00000341. The molecule has 0 spiro atoms. The maximum absolute atomic E-state index is 5.03. The summed E-state index contributed by atoms with van der Waals surface area (Å²) in [5.41, 5.74) is 1.69. The van der Waals surface area contributed by atoms with Gasteiger partial charge in [0.2, 0.25) is 0 Å². The molecule has 31 heavy (non-hydrogen) atoms. The fourth-order valence-electron chi connectivity index (χ4n) is 4.95. The molecule has 2 N–H and O–H groups in total. The van der Waals surface area contributed by atoms with Gasteiger partial charge in [-0.2, -0.15) is 0 Å². The zero-order valence-corrected chi connectivity index (χ0v) is 22.1. The summed E-state index contributed by atoms with van der Waals surface area (Å²) in [7, 11) is 0. The first-order chi connectivity index (χ1) is 14.8. The first kappa shape index (κ1) is 26.4. The molecule has 1 heterocycles. The van der Waals surface area contributed by atoms with Gasteiger partial charge in [0, 0.05) is 44.7 Å². The largest absolute Gasteiger partial charge is 0.357 e. The van der Waals surface area contributed by atoms with Gasteiger partial charge in [-0.25, -0.2) is 0 Å². The van der Waals surface area contributed by atoms with Crippen molar-refractivity contribution in [3.63, 3.8) is 0 Å². The van der Waals surface area contributed by atoms with Crippen molar-refractivity contribution in [1.29, 1.82) is 0 Å². The molecule has 0 aromatic heterocycles. The van der Waals surface area contributed by atoms with E-state index in [4.69, 9.17) is 4.99 Å². The number of nitrogens with one attached hydrogen (secondary N) is 2. The predicted molar refractivity (Wildman–Crippen MR) is 144 cm³/mol. The molecule has 6 heteroatoms. The van der Waals surface area contributed by atoms with E-state index in [1.54, 1.807) is 0 Å². The van der Waals surface area contributed by atoms with Crippen LogP contribution in [0.4, 0.5) is 0 Å². The van der Waals surface area contributed by atoms with Crippen molar-refractivity contribution in [3.05, 3.63) is 35.9 Å². The molecule has 1 saturated heterocycles. The first-order valence-electron chi connectivity index (χ1n) is 12.3. The van der Waals surface area contributed by atoms with E-state index in [2.05, 4.69) is 64.6 Å². The van der Waals surface area contributed by atoms with E-state index in [1.165, 1.54) is 83.4 Å². The Morgan fingerprint density at radius 2 is 1.61 bits per heavy atom. The quantitative estimate of drug-likeness (QED) is 0.203. The number of benzene rings is 1. The van der Waals surface area contributed by atoms with Crippen molar-refractivity contribution in [3.8, 4) is 0 Å². The molecule has 1 aromatic rings. The Kier molecular flexibility index (Phi) is 12.2. The van der Waals surface area contributed by atoms with E-state index in [-0.39, 0.29) is 29.4 Å². The third-order valence-electron chi connectivity index (χ3n) is 6.94. The summed E-state index contributed by atoms with van der Waals surface area (Å²) < 4.78 is 0. The number of rotatable bonds is 10. The van der Waals surface area contributed by atoms with E-state index in [1.807, 2.05) is 0 Å². The van der Waals surface area contributed by atoms with Crippen molar-refractivity contribution >= 4 is 29.9 Å². The number of nitrogens with zero attached hydrogens (tertiary/aromatic N) is 3. The van der Waals surface area contributed by atoms with Crippen molar-refractivity contribution in [2.75, 3.05) is 58.9 Å². The summed E-state index contributed by atoms with van der Waals surface area (Å²) in [6.07, 6.45) is 7.60. The monoisotopic (exact) mass is 541 g/mol. The van der Waals surface area contributed by atoms with Gasteiger partial charge in [-0.1, -0.05) is 50.1 Å². The molecule has 176 valence electrons. The molecule has 0 amide bonds. The standard InChI is InChI=1S/C25H43N5.HI/c1-3-26-24(27-16-10-11-17-30-20-18-29(4-2)19-21-30)28-22-25(14-8-9-15-25)23-12-6-5-7-13-23;/h5-7,12-13H,3-4,8-11,14-22H2,1-2H3,(H2,26,27,28);1H. The second-order valence-electron chi connectivity index (χ2n) is 8.96. The molecule has 2 aliphatic rings. The SMILES string of the molecule is CCNC(=NCC1(c2ccccc2)CCCC1)NCCCCN1CCN(CC)CC1.I. The van der Waals surface area contributed by atoms with E-state index < -0.39 is 0 Å². The predicted octanol–water partition coefficient (Wildman–Crippen LogP) is 4.09. The number of piperazine rings is 1. The fraction of sp³-hybridized carbons (Fsp3) is 0.720. The highest BCUT2D eigenvalue weighted by atomic mass is 127. The van der Waals surface area contributed by atoms with Crippen LogP contribution >= 0.6 is 24.0 Å². The minimum absolute atomic E-state index is 0. The first-order valence-corrected chi connectivity index (χ1v) is 12.3. The fourth-order valence-corrected chi connectivity index (χ4v) is 4.95. The van der Waals surface area contributed by atoms with Gasteiger partial charge in [-0.15, -0.1) is 24.0 Å². The van der Waals surface area contributed by atoms with Crippen LogP contribution in [0.3, 0.4) is 0 Å². The molecular formula is C25H44IN5. The number of aliphatic imine (C=N–C) groups is 1. The van der Waals surface area contributed by atoms with Crippen molar-refractivity contribution in [1.82, 2.24) is 20.4 Å². The van der Waals surface area contributed by atoms with Crippen molar-refractivity contribution in [2.45, 2.75) is 57.8 Å². The molecule has 0 radical (unpaired) electrons. The number of halogens is 1. The van der Waals surface area contributed by atoms with Crippen LogP contribution in [0, 0.1) is 0 Å². The summed E-state index contributed by atoms with van der Waals surface area (Å²) in [6.45, 7) is 14.5. The third kappa shape index (κ3) is 8.21. The van der Waals surface area contributed by atoms with Gasteiger partial charge in [0.1, 0.15) is 0 Å². The Morgan fingerprint density at radius 1 is 0.935 bits per heavy atom. The Bertz CT molecular complexity index is 622. The molecule has 0 atom stereocenters. The average Bonchev–Trinajstić information content (AvgIpc) is 3.28. The molecular weight excluding hydrogens is 497 g/mol. The maximum atomic E-state index is 5.03. The van der Waals surface area contributed by atoms with Gasteiger partial charge in [-0.05, 0) is 51.3 Å². The summed E-state index contributed by atoms with van der Waals surface area (Å²) in [4.78, 5) is 10.2. The second-order valence-corrected chi connectivity index (χ2v) is 8.96. The van der Waals surface area contributed by atoms with Crippen LogP contribution < -0.4 is 10.6 Å². The number of likely N-dealkylation sites (N-methyl/N-ethyl adjacent to an activating group) is 1. The van der Waals surface area contributed by atoms with Crippen molar-refractivity contribution < 1.29 is 0 Å². The lowest BCUT2D eigenvalue weighted by Gasteiger charge is -2.34. The van der Waals surface area contributed by atoms with Crippen LogP contribution in [0.25, 0.3) is 0 Å². The summed E-state index contributed by atoms with van der Waals surface area (Å²) in [5.74, 6) is 0.983. The molecule has 3 rings (SSSR count). The topological polar surface area (TPSA) is 42.9 Å². The van der Waals surface area contributed by atoms with Crippen LogP contribution in [0.2, 0.25) is 0 Å². The summed E-state index contributed by atoms with van der Waals surface area (Å²) >= 11 is 0. The molecule has 0 bridgehead atoms. The molecule has 1 aliphatic heterocycles. The zero-order chi connectivity index (χ0) is 21.1. The Morgan fingerprint density at radius 3 is 2.26 bits per heavy atom. The van der Waals surface area contributed by atoms with Gasteiger partial charge in [0.25, 0.3) is 0 Å². The summed E-state index contributed by atoms with van der Waals surface area (Å²) in [6, 6.07) is 11.0. The zero-order valence-electron chi connectivity index (χ0n) is 19.7. The van der Waals surface area contributed by atoms with Gasteiger partial charge < -0.3 is 20.4 Å². The average molecular weight is 542 g/mol. The highest BCUT2D eigenvalue weighted by Gasteiger charge is 2.35. The number of hydrogen-bond acceptors (Lipinski definition) is 3. The minimum Gasteiger partial charge on any atom is -0.357 e. The minimum atomic E-state index is 0. The van der Waals surface area contributed by atoms with Crippen LogP contribution in [0.1, 0.15) is 57.9 Å². The summed E-state index contributed by atoms with van der Waals surface area (Å²) in [5, 5.41) is 7.03. The lowest BCUT2D eigenvalue weighted by Crippen LogP contribution is -2.46.